The SMILES string of the molecule is CC.O=Cc1ccccc1.O=Cc1ccccc1. The lowest BCUT2D eigenvalue weighted by atomic mass is 10.2. The molecule has 18 heavy (non-hydrogen) atoms. The highest BCUT2D eigenvalue weighted by Crippen LogP contribution is 1.92. The van der Waals surface area contributed by atoms with E-state index in [4.69, 9.17) is 0 Å². The van der Waals surface area contributed by atoms with Gasteiger partial charge in [-0.05, 0) is 0 Å². The summed E-state index contributed by atoms with van der Waals surface area (Å²) < 4.78 is 0. The van der Waals surface area contributed by atoms with Gasteiger partial charge in [0.15, 0.2) is 0 Å². The van der Waals surface area contributed by atoms with Crippen molar-refractivity contribution < 1.29 is 9.59 Å². The van der Waals surface area contributed by atoms with Gasteiger partial charge in [-0.3, -0.25) is 9.59 Å². The van der Waals surface area contributed by atoms with Crippen molar-refractivity contribution in [3.05, 3.63) is 71.8 Å². The second-order valence-corrected chi connectivity index (χ2v) is 3.06. The fourth-order valence-electron chi connectivity index (χ4n) is 1.06. The van der Waals surface area contributed by atoms with E-state index < -0.39 is 0 Å². The molecule has 0 N–H and O–H groups in total. The first-order valence-electron chi connectivity index (χ1n) is 5.87. The molecule has 0 aliphatic carbocycles. The van der Waals surface area contributed by atoms with Crippen molar-refractivity contribution in [1.29, 1.82) is 0 Å². The van der Waals surface area contributed by atoms with Crippen LogP contribution in [-0.4, -0.2) is 12.6 Å². The van der Waals surface area contributed by atoms with Crippen LogP contribution in [0.3, 0.4) is 0 Å². The maximum atomic E-state index is 10.0. The number of hydrogen-bond donors (Lipinski definition) is 0. The lowest BCUT2D eigenvalue weighted by Crippen LogP contribution is -1.73. The predicted octanol–water partition coefficient (Wildman–Crippen LogP) is 4.02. The molecule has 2 nitrogen and oxygen atoms in total. The molecule has 0 aliphatic rings. The average Bonchev–Trinajstić information content (AvgIpc) is 2.51. The average molecular weight is 242 g/mol. The summed E-state index contributed by atoms with van der Waals surface area (Å²) in [6.45, 7) is 4.00. The fourth-order valence-corrected chi connectivity index (χ4v) is 1.06. The third-order valence-corrected chi connectivity index (χ3v) is 1.87. The van der Waals surface area contributed by atoms with Crippen molar-refractivity contribution in [1.82, 2.24) is 0 Å². The van der Waals surface area contributed by atoms with E-state index in [-0.39, 0.29) is 0 Å². The lowest BCUT2D eigenvalue weighted by molar-refractivity contribution is 0.111. The molecule has 0 aromatic heterocycles. The minimum atomic E-state index is 0.729. The van der Waals surface area contributed by atoms with Gasteiger partial charge in [-0.25, -0.2) is 0 Å². The first kappa shape index (κ1) is 15.8. The molecule has 0 fully saturated rings. The van der Waals surface area contributed by atoms with Crippen molar-refractivity contribution in [2.45, 2.75) is 13.8 Å². The van der Waals surface area contributed by atoms with Crippen LogP contribution in [0.4, 0.5) is 0 Å². The van der Waals surface area contributed by atoms with Gasteiger partial charge >= 0.3 is 0 Å². The van der Waals surface area contributed by atoms with Crippen LogP contribution < -0.4 is 0 Å². The van der Waals surface area contributed by atoms with Crippen molar-refractivity contribution in [2.24, 2.45) is 0 Å². The van der Waals surface area contributed by atoms with Gasteiger partial charge in [-0.2, -0.15) is 0 Å². The molecule has 0 bridgehead atoms. The molecule has 0 amide bonds. The maximum Gasteiger partial charge on any atom is 0.150 e. The first-order chi connectivity index (χ1) is 8.86. The predicted molar refractivity (Wildman–Crippen MR) is 75.0 cm³/mol. The summed E-state index contributed by atoms with van der Waals surface area (Å²) in [5, 5.41) is 0. The number of benzene rings is 2. The Morgan fingerprint density at radius 2 is 0.889 bits per heavy atom. The van der Waals surface area contributed by atoms with Gasteiger partial charge < -0.3 is 0 Å². The minimum absolute atomic E-state index is 0.729. The van der Waals surface area contributed by atoms with Crippen LogP contribution in [0.2, 0.25) is 0 Å². The molecule has 0 saturated carbocycles. The normalized spacial score (nSPS) is 7.89. The summed E-state index contributed by atoms with van der Waals surface area (Å²) in [6.07, 6.45) is 1.67. The number of aldehydes is 2. The molecule has 0 saturated heterocycles. The van der Waals surface area contributed by atoms with Crippen LogP contribution in [0.1, 0.15) is 34.6 Å². The molecule has 0 atom stereocenters. The Morgan fingerprint density at radius 3 is 1.06 bits per heavy atom. The van der Waals surface area contributed by atoms with Gasteiger partial charge in [0.25, 0.3) is 0 Å². The first-order valence-corrected chi connectivity index (χ1v) is 5.87. The van der Waals surface area contributed by atoms with Crippen LogP contribution in [0, 0.1) is 0 Å². The summed E-state index contributed by atoms with van der Waals surface area (Å²) in [5.41, 5.74) is 1.46. The zero-order chi connectivity index (χ0) is 13.6. The Kier molecular flexibility index (Phi) is 9.88. The second kappa shape index (κ2) is 11.3. The number of rotatable bonds is 2. The third-order valence-electron chi connectivity index (χ3n) is 1.87. The summed E-state index contributed by atoms with van der Waals surface area (Å²) in [7, 11) is 0. The van der Waals surface area contributed by atoms with Crippen LogP contribution in [0.15, 0.2) is 60.7 Å². The molecule has 2 rings (SSSR count). The van der Waals surface area contributed by atoms with Crippen LogP contribution >= 0.6 is 0 Å². The summed E-state index contributed by atoms with van der Waals surface area (Å²) in [6, 6.07) is 18.2. The monoisotopic (exact) mass is 242 g/mol. The van der Waals surface area contributed by atoms with Crippen LogP contribution in [-0.2, 0) is 0 Å². The van der Waals surface area contributed by atoms with E-state index in [2.05, 4.69) is 0 Å². The topological polar surface area (TPSA) is 34.1 Å². The molecule has 0 aliphatic heterocycles. The standard InChI is InChI=1S/2C7H6O.C2H6/c2*8-6-7-4-2-1-3-5-7;1-2/h2*1-6H;1-2H3. The fraction of sp³-hybridized carbons (Fsp3) is 0.125. The van der Waals surface area contributed by atoms with Crippen molar-refractivity contribution in [3.63, 3.8) is 0 Å². The molecule has 2 aromatic carbocycles. The van der Waals surface area contributed by atoms with Crippen molar-refractivity contribution >= 4 is 12.6 Å². The molecule has 94 valence electrons. The quantitative estimate of drug-likeness (QED) is 0.745. The third kappa shape index (κ3) is 7.12. The lowest BCUT2D eigenvalue weighted by Gasteiger charge is -1.81. The number of hydrogen-bond acceptors (Lipinski definition) is 2. The Balaban J connectivity index is 0.000000283. The van der Waals surface area contributed by atoms with Gasteiger partial charge in [0.2, 0.25) is 0 Å². The van der Waals surface area contributed by atoms with Gasteiger partial charge in [0.05, 0.1) is 0 Å². The number of carbonyl (C=O) groups is 2. The van der Waals surface area contributed by atoms with E-state index in [1.165, 1.54) is 0 Å². The number of carbonyl (C=O) groups excluding carboxylic acids is 2. The Morgan fingerprint density at radius 1 is 0.611 bits per heavy atom. The molecule has 2 aromatic rings. The Labute approximate surface area is 108 Å². The van der Waals surface area contributed by atoms with Gasteiger partial charge in [-0.1, -0.05) is 74.5 Å². The summed E-state index contributed by atoms with van der Waals surface area (Å²) >= 11 is 0. The second-order valence-electron chi connectivity index (χ2n) is 3.06. The zero-order valence-corrected chi connectivity index (χ0v) is 10.7. The van der Waals surface area contributed by atoms with E-state index in [0.29, 0.717) is 0 Å². The maximum absolute atomic E-state index is 10.0. The van der Waals surface area contributed by atoms with Crippen molar-refractivity contribution in [2.75, 3.05) is 0 Å². The van der Waals surface area contributed by atoms with E-state index in [1.807, 2.05) is 50.2 Å². The van der Waals surface area contributed by atoms with Gasteiger partial charge in [-0.15, -0.1) is 0 Å². The van der Waals surface area contributed by atoms with E-state index >= 15 is 0 Å². The smallest absolute Gasteiger partial charge is 0.150 e. The molecule has 0 radical (unpaired) electrons. The van der Waals surface area contributed by atoms with Gasteiger partial charge in [0, 0.05) is 11.1 Å². The molecule has 2 heteroatoms. The summed E-state index contributed by atoms with van der Waals surface area (Å²) in [4.78, 5) is 20.0. The van der Waals surface area contributed by atoms with Crippen LogP contribution in [0.5, 0.6) is 0 Å². The van der Waals surface area contributed by atoms with Gasteiger partial charge in [0.1, 0.15) is 12.6 Å². The highest BCUT2D eigenvalue weighted by molar-refractivity contribution is 5.74. The molecular formula is C16H18O2. The largest absolute Gasteiger partial charge is 0.298 e. The van der Waals surface area contributed by atoms with Crippen LogP contribution in [0.25, 0.3) is 0 Å². The highest BCUT2D eigenvalue weighted by atomic mass is 16.1. The van der Waals surface area contributed by atoms with E-state index in [1.54, 1.807) is 24.3 Å². The molecular weight excluding hydrogens is 224 g/mol. The van der Waals surface area contributed by atoms with Crippen molar-refractivity contribution in [3.8, 4) is 0 Å². The van der Waals surface area contributed by atoms with E-state index in [0.717, 1.165) is 23.7 Å². The highest BCUT2D eigenvalue weighted by Gasteiger charge is 1.80. The molecule has 0 spiro atoms. The zero-order valence-electron chi connectivity index (χ0n) is 10.7. The van der Waals surface area contributed by atoms with E-state index in [9.17, 15) is 9.59 Å². The minimum Gasteiger partial charge on any atom is -0.298 e. The molecule has 0 heterocycles. The Hall–Kier alpha value is -2.22. The molecule has 0 unspecified atom stereocenters. The Bertz CT molecular complexity index is 378. The summed E-state index contributed by atoms with van der Waals surface area (Å²) in [5.74, 6) is 0.